The van der Waals surface area contributed by atoms with Gasteiger partial charge in [-0.15, -0.1) is 0 Å². The number of benzene rings is 2. The number of likely N-dealkylation sites (tertiary alicyclic amines) is 1. The highest BCUT2D eigenvalue weighted by molar-refractivity contribution is 6.03. The van der Waals surface area contributed by atoms with Gasteiger partial charge in [-0.3, -0.25) is 9.59 Å². The van der Waals surface area contributed by atoms with Gasteiger partial charge in [0.2, 0.25) is 5.91 Å². The summed E-state index contributed by atoms with van der Waals surface area (Å²) >= 11 is 0. The third-order valence-electron chi connectivity index (χ3n) is 7.15. The zero-order valence-electron chi connectivity index (χ0n) is 20.0. The van der Waals surface area contributed by atoms with Crippen molar-refractivity contribution in [3.05, 3.63) is 47.8 Å². The molecule has 0 radical (unpaired) electrons. The molecule has 178 valence electrons. The second-order valence-electron chi connectivity index (χ2n) is 9.83. The lowest BCUT2D eigenvalue weighted by molar-refractivity contribution is -0.120. The molecule has 2 amide bonds. The van der Waals surface area contributed by atoms with E-state index in [1.165, 1.54) is 12.1 Å². The fourth-order valence-electron chi connectivity index (χ4n) is 5.19. The van der Waals surface area contributed by atoms with Gasteiger partial charge in [0.15, 0.2) is 0 Å². The Morgan fingerprint density at radius 3 is 2.62 bits per heavy atom. The van der Waals surface area contributed by atoms with Gasteiger partial charge in [-0.2, -0.15) is 0 Å². The molecular formula is C26H30FN5O2. The highest BCUT2D eigenvalue weighted by atomic mass is 19.1. The Balaban J connectivity index is 1.59. The fourth-order valence-corrected chi connectivity index (χ4v) is 5.19. The molecule has 2 aliphatic heterocycles. The van der Waals surface area contributed by atoms with Crippen LogP contribution in [-0.4, -0.2) is 64.4 Å². The third kappa shape index (κ3) is 3.76. The summed E-state index contributed by atoms with van der Waals surface area (Å²) in [5.41, 5.74) is 2.99. The van der Waals surface area contributed by atoms with E-state index in [-0.39, 0.29) is 23.8 Å². The van der Waals surface area contributed by atoms with E-state index in [4.69, 9.17) is 4.98 Å². The molecule has 1 unspecified atom stereocenters. The van der Waals surface area contributed by atoms with Crippen LogP contribution in [0.2, 0.25) is 0 Å². The van der Waals surface area contributed by atoms with Crippen LogP contribution in [0.1, 0.15) is 43.1 Å². The summed E-state index contributed by atoms with van der Waals surface area (Å²) in [6.45, 7) is 5.91. The van der Waals surface area contributed by atoms with E-state index in [1.54, 1.807) is 18.2 Å². The first-order valence-electron chi connectivity index (χ1n) is 11.8. The van der Waals surface area contributed by atoms with Crippen molar-refractivity contribution in [3.63, 3.8) is 0 Å². The summed E-state index contributed by atoms with van der Waals surface area (Å²) in [6, 6.07) is 9.44. The Bertz CT molecular complexity index is 1280. The monoisotopic (exact) mass is 463 g/mol. The van der Waals surface area contributed by atoms with Crippen molar-refractivity contribution < 1.29 is 14.0 Å². The lowest BCUT2D eigenvalue weighted by Gasteiger charge is -2.35. The molecule has 3 heterocycles. The van der Waals surface area contributed by atoms with Crippen LogP contribution in [-0.2, 0) is 4.79 Å². The topological polar surface area (TPSA) is 70.5 Å². The number of nitrogens with zero attached hydrogens (tertiary/aromatic N) is 4. The summed E-state index contributed by atoms with van der Waals surface area (Å²) in [4.78, 5) is 35.4. The number of nitrogens with one attached hydrogen (secondary N) is 1. The Labute approximate surface area is 198 Å². The first-order valence-corrected chi connectivity index (χ1v) is 11.8. The SMILES string of the molecule is CC(C)C1C(=O)Nc2ccc(F)cc2-c2nc3cc(C(=O)N(C)C4CCN(C)CC4)ccc3n21. The van der Waals surface area contributed by atoms with Crippen molar-refractivity contribution in [1.29, 1.82) is 0 Å². The fraction of sp³-hybridized carbons (Fsp3) is 0.423. The van der Waals surface area contributed by atoms with E-state index in [9.17, 15) is 14.0 Å². The molecule has 0 bridgehead atoms. The Morgan fingerprint density at radius 1 is 1.18 bits per heavy atom. The number of carbonyl (C=O) groups is 2. The molecular weight excluding hydrogens is 433 g/mol. The van der Waals surface area contributed by atoms with Gasteiger partial charge in [0.05, 0.1) is 16.7 Å². The number of rotatable bonds is 3. The molecule has 0 saturated carbocycles. The largest absolute Gasteiger partial charge is 0.339 e. The molecule has 0 spiro atoms. The summed E-state index contributed by atoms with van der Waals surface area (Å²) in [5.74, 6) is -0.0977. The number of halogens is 1. The molecule has 7 nitrogen and oxygen atoms in total. The third-order valence-corrected chi connectivity index (χ3v) is 7.15. The number of carbonyl (C=O) groups excluding carboxylic acids is 2. The van der Waals surface area contributed by atoms with Crippen molar-refractivity contribution >= 4 is 28.5 Å². The van der Waals surface area contributed by atoms with Gasteiger partial charge in [-0.05, 0) is 75.3 Å². The molecule has 34 heavy (non-hydrogen) atoms. The van der Waals surface area contributed by atoms with Gasteiger partial charge in [-0.25, -0.2) is 9.37 Å². The van der Waals surface area contributed by atoms with E-state index in [0.29, 0.717) is 28.2 Å². The second kappa shape index (κ2) is 8.51. The number of aromatic nitrogens is 2. The van der Waals surface area contributed by atoms with E-state index in [0.717, 1.165) is 31.4 Å². The van der Waals surface area contributed by atoms with Gasteiger partial charge in [0, 0.05) is 24.2 Å². The van der Waals surface area contributed by atoms with Gasteiger partial charge >= 0.3 is 0 Å². The van der Waals surface area contributed by atoms with Crippen LogP contribution in [0, 0.1) is 11.7 Å². The minimum Gasteiger partial charge on any atom is -0.339 e. The number of amides is 2. The maximum atomic E-state index is 14.2. The van der Waals surface area contributed by atoms with Crippen molar-refractivity contribution in [3.8, 4) is 11.4 Å². The lowest BCUT2D eigenvalue weighted by Crippen LogP contribution is -2.44. The van der Waals surface area contributed by atoms with Crippen molar-refractivity contribution in [1.82, 2.24) is 19.4 Å². The van der Waals surface area contributed by atoms with Crippen LogP contribution >= 0.6 is 0 Å². The molecule has 0 aliphatic carbocycles. The predicted molar refractivity (Wildman–Crippen MR) is 130 cm³/mol. The number of hydrogen-bond donors (Lipinski definition) is 1. The number of hydrogen-bond acceptors (Lipinski definition) is 4. The molecule has 1 saturated heterocycles. The highest BCUT2D eigenvalue weighted by Gasteiger charge is 2.34. The summed E-state index contributed by atoms with van der Waals surface area (Å²) in [6.07, 6.45) is 1.90. The zero-order chi connectivity index (χ0) is 24.1. The average Bonchev–Trinajstić information content (AvgIpc) is 3.12. The molecule has 3 aromatic rings. The van der Waals surface area contributed by atoms with E-state index < -0.39 is 11.9 Å². The van der Waals surface area contributed by atoms with Crippen molar-refractivity contribution in [2.75, 3.05) is 32.5 Å². The minimum atomic E-state index is -0.515. The molecule has 5 rings (SSSR count). The highest BCUT2D eigenvalue weighted by Crippen LogP contribution is 2.39. The Hall–Kier alpha value is -3.26. The van der Waals surface area contributed by atoms with Gasteiger partial charge in [0.25, 0.3) is 5.91 Å². The van der Waals surface area contributed by atoms with Gasteiger partial charge in [0.1, 0.15) is 17.7 Å². The lowest BCUT2D eigenvalue weighted by atomic mass is 10.0. The second-order valence-corrected chi connectivity index (χ2v) is 9.83. The molecule has 1 atom stereocenters. The summed E-state index contributed by atoms with van der Waals surface area (Å²) < 4.78 is 16.1. The number of piperidine rings is 1. The van der Waals surface area contributed by atoms with Gasteiger partial charge < -0.3 is 19.7 Å². The summed E-state index contributed by atoms with van der Waals surface area (Å²) in [7, 11) is 3.96. The minimum absolute atomic E-state index is 0.0211. The molecule has 2 aliphatic rings. The average molecular weight is 464 g/mol. The normalized spacial score (nSPS) is 19.0. The predicted octanol–water partition coefficient (Wildman–Crippen LogP) is 4.16. The van der Waals surface area contributed by atoms with E-state index >= 15 is 0 Å². The molecule has 1 fully saturated rings. The molecule has 8 heteroatoms. The van der Waals surface area contributed by atoms with E-state index in [2.05, 4.69) is 17.3 Å². The van der Waals surface area contributed by atoms with E-state index in [1.807, 2.05) is 36.4 Å². The number of imidazole rings is 1. The first-order chi connectivity index (χ1) is 16.2. The Kier molecular flexibility index (Phi) is 5.64. The number of fused-ring (bicyclic) bond motifs is 5. The summed E-state index contributed by atoms with van der Waals surface area (Å²) in [5, 5.41) is 2.93. The van der Waals surface area contributed by atoms with Crippen LogP contribution in [0.25, 0.3) is 22.4 Å². The zero-order valence-corrected chi connectivity index (χ0v) is 20.0. The van der Waals surface area contributed by atoms with Crippen molar-refractivity contribution in [2.45, 2.75) is 38.8 Å². The molecule has 2 aromatic carbocycles. The quantitative estimate of drug-likeness (QED) is 0.633. The van der Waals surface area contributed by atoms with Crippen LogP contribution in [0.3, 0.4) is 0 Å². The van der Waals surface area contributed by atoms with Crippen molar-refractivity contribution in [2.24, 2.45) is 5.92 Å². The maximum absolute atomic E-state index is 14.2. The van der Waals surface area contributed by atoms with Crippen LogP contribution in [0.4, 0.5) is 10.1 Å². The standard InChI is InChI=1S/C26H30FN5O2/c1-15(2)23-25(33)29-20-7-6-17(27)14-19(20)24-28-21-13-16(5-8-22(21)32(23)24)26(34)31(4)18-9-11-30(3)12-10-18/h5-8,13-15,18,23H,9-12H2,1-4H3,(H,29,33). The smallest absolute Gasteiger partial charge is 0.253 e. The Morgan fingerprint density at radius 2 is 1.91 bits per heavy atom. The molecule has 1 N–H and O–H groups in total. The van der Waals surface area contributed by atoms with Crippen LogP contribution < -0.4 is 5.32 Å². The van der Waals surface area contributed by atoms with Crippen LogP contribution in [0.5, 0.6) is 0 Å². The van der Waals surface area contributed by atoms with Gasteiger partial charge in [-0.1, -0.05) is 13.8 Å². The maximum Gasteiger partial charge on any atom is 0.253 e. The molecule has 1 aromatic heterocycles. The number of anilines is 1. The van der Waals surface area contributed by atoms with Crippen LogP contribution in [0.15, 0.2) is 36.4 Å². The first kappa shape index (κ1) is 22.5.